The van der Waals surface area contributed by atoms with Gasteiger partial charge in [-0.2, -0.15) is 0 Å². The maximum atomic E-state index is 12.4. The van der Waals surface area contributed by atoms with Crippen molar-refractivity contribution in [3.05, 3.63) is 64.8 Å². The monoisotopic (exact) mass is 495 g/mol. The van der Waals surface area contributed by atoms with E-state index >= 15 is 0 Å². The van der Waals surface area contributed by atoms with Crippen molar-refractivity contribution in [3.8, 4) is 5.75 Å². The van der Waals surface area contributed by atoms with E-state index in [0.717, 1.165) is 57.0 Å². The summed E-state index contributed by atoms with van der Waals surface area (Å²) in [6.07, 6.45) is 12.5. The van der Waals surface area contributed by atoms with Gasteiger partial charge in [-0.25, -0.2) is 0 Å². The number of hydrogen-bond donors (Lipinski definition) is 1. The average Bonchev–Trinajstić information content (AvgIpc) is 3.05. The van der Waals surface area contributed by atoms with Crippen LogP contribution in [0.25, 0.3) is 0 Å². The fourth-order valence-corrected chi connectivity index (χ4v) is 4.80. The number of rotatable bonds is 13. The first-order chi connectivity index (χ1) is 17.3. The summed E-state index contributed by atoms with van der Waals surface area (Å²) in [6, 6.07) is 4.72. The summed E-state index contributed by atoms with van der Waals surface area (Å²) in [5, 5.41) is 3.12. The molecule has 2 unspecified atom stereocenters. The first-order valence-corrected chi connectivity index (χ1v) is 13.2. The van der Waals surface area contributed by atoms with E-state index in [1.165, 1.54) is 16.7 Å². The van der Waals surface area contributed by atoms with E-state index in [0.29, 0.717) is 18.4 Å². The quantitative estimate of drug-likeness (QED) is 0.406. The lowest BCUT2D eigenvalue weighted by molar-refractivity contribution is -0.120. The van der Waals surface area contributed by atoms with E-state index in [9.17, 15) is 4.79 Å². The Bertz CT molecular complexity index is 960. The number of unbranched alkanes of at least 4 members (excludes halogenated alkanes) is 1. The molecule has 36 heavy (non-hydrogen) atoms. The van der Waals surface area contributed by atoms with Crippen molar-refractivity contribution in [1.29, 1.82) is 0 Å². The Morgan fingerprint density at radius 2 is 1.94 bits per heavy atom. The number of nitrogens with one attached hydrogen (secondary N) is 1. The Labute approximate surface area is 218 Å². The molecule has 2 atom stereocenters. The second-order valence-electron chi connectivity index (χ2n) is 10.4. The number of methoxy groups -OCH3 is 1. The second-order valence-corrected chi connectivity index (χ2v) is 10.4. The molecule has 1 aromatic rings. The van der Waals surface area contributed by atoms with Crippen molar-refractivity contribution >= 4 is 5.91 Å². The van der Waals surface area contributed by atoms with Crippen LogP contribution in [-0.4, -0.2) is 75.8 Å². The lowest BCUT2D eigenvalue weighted by Crippen LogP contribution is -2.52. The molecule has 0 aromatic heterocycles. The number of amides is 1. The van der Waals surface area contributed by atoms with Crippen LogP contribution in [0, 0.1) is 19.8 Å². The largest absolute Gasteiger partial charge is 0.493 e. The number of benzene rings is 1. The molecule has 1 saturated heterocycles. The summed E-state index contributed by atoms with van der Waals surface area (Å²) in [5.74, 6) is 1.58. The molecule has 6 heteroatoms. The van der Waals surface area contributed by atoms with Crippen LogP contribution in [0.15, 0.2) is 48.1 Å². The Morgan fingerprint density at radius 3 is 2.67 bits per heavy atom. The van der Waals surface area contributed by atoms with Crippen LogP contribution in [0.5, 0.6) is 5.75 Å². The third-order valence-corrected chi connectivity index (χ3v) is 7.36. The Morgan fingerprint density at radius 1 is 1.17 bits per heavy atom. The number of hydrogen-bond acceptors (Lipinski definition) is 5. The maximum absolute atomic E-state index is 12.4. The topological polar surface area (TPSA) is 54.0 Å². The first-order valence-electron chi connectivity index (χ1n) is 13.2. The normalized spacial score (nSPS) is 19.1. The van der Waals surface area contributed by atoms with Crippen LogP contribution in [0.1, 0.15) is 48.9 Å². The average molecular weight is 496 g/mol. The lowest BCUT2D eigenvalue weighted by Gasteiger charge is -2.44. The van der Waals surface area contributed by atoms with Crippen molar-refractivity contribution in [1.82, 2.24) is 15.1 Å². The first kappa shape index (κ1) is 28.2. The SMILES string of the molecule is COC1C=CC=C(CC(=O)NCC2CN(C(C)c3ccc(OCCCCN(C)C)c(C)c3C)C2)C=C1. The number of allylic oxidation sites excluding steroid dienone is 3. The molecule has 1 amide bonds. The van der Waals surface area contributed by atoms with Gasteiger partial charge in [-0.05, 0) is 82.6 Å². The molecule has 1 aliphatic heterocycles. The molecular formula is C30H45N3O3. The predicted molar refractivity (Wildman–Crippen MR) is 147 cm³/mol. The van der Waals surface area contributed by atoms with Gasteiger partial charge in [0.1, 0.15) is 5.75 Å². The zero-order chi connectivity index (χ0) is 26.1. The highest BCUT2D eigenvalue weighted by molar-refractivity contribution is 5.79. The van der Waals surface area contributed by atoms with Gasteiger partial charge in [0.25, 0.3) is 0 Å². The highest BCUT2D eigenvalue weighted by Crippen LogP contribution is 2.34. The number of nitrogens with zero attached hydrogens (tertiary/aromatic N) is 2. The van der Waals surface area contributed by atoms with Crippen molar-refractivity contribution in [2.75, 3.05) is 54.0 Å². The summed E-state index contributed by atoms with van der Waals surface area (Å²) < 4.78 is 11.4. The molecular weight excluding hydrogens is 450 g/mol. The van der Waals surface area contributed by atoms with Gasteiger partial charge in [0.05, 0.1) is 19.1 Å². The van der Waals surface area contributed by atoms with E-state index < -0.39 is 0 Å². The fraction of sp³-hybridized carbons (Fsp3) is 0.567. The summed E-state index contributed by atoms with van der Waals surface area (Å²) in [7, 11) is 5.89. The second kappa shape index (κ2) is 13.8. The number of ether oxygens (including phenoxy) is 2. The molecule has 1 fully saturated rings. The molecule has 0 bridgehead atoms. The Balaban J connectivity index is 1.41. The van der Waals surface area contributed by atoms with Gasteiger partial charge in [0.15, 0.2) is 0 Å². The zero-order valence-electron chi connectivity index (χ0n) is 23.0. The summed E-state index contributed by atoms with van der Waals surface area (Å²) in [4.78, 5) is 17.1. The standard InChI is InChI=1S/C30H45N3O3/c1-22-23(2)29(36-17-8-7-16-32(4)5)15-14-28(22)24(3)33-20-26(21-33)19-31-30(34)18-25-10-9-11-27(35-6)13-12-25/h9-15,24,26-27H,7-8,16-21H2,1-6H3,(H,31,34). The molecule has 3 rings (SSSR count). The Kier molecular flexibility index (Phi) is 10.8. The fourth-order valence-electron chi connectivity index (χ4n) is 4.80. The molecule has 1 heterocycles. The van der Waals surface area contributed by atoms with Crippen LogP contribution < -0.4 is 10.1 Å². The smallest absolute Gasteiger partial charge is 0.224 e. The molecule has 1 aliphatic carbocycles. The zero-order valence-corrected chi connectivity index (χ0v) is 23.0. The van der Waals surface area contributed by atoms with Crippen molar-refractivity contribution < 1.29 is 14.3 Å². The molecule has 1 aromatic carbocycles. The van der Waals surface area contributed by atoms with E-state index in [-0.39, 0.29) is 12.0 Å². The van der Waals surface area contributed by atoms with Gasteiger partial charge < -0.3 is 19.7 Å². The van der Waals surface area contributed by atoms with E-state index in [4.69, 9.17) is 9.47 Å². The van der Waals surface area contributed by atoms with Crippen LogP contribution in [0.2, 0.25) is 0 Å². The molecule has 198 valence electrons. The van der Waals surface area contributed by atoms with Crippen molar-refractivity contribution in [2.45, 2.75) is 52.2 Å². The molecule has 0 saturated carbocycles. The third kappa shape index (κ3) is 8.05. The molecule has 0 radical (unpaired) electrons. The van der Waals surface area contributed by atoms with E-state index in [2.05, 4.69) is 62.1 Å². The van der Waals surface area contributed by atoms with E-state index in [1.54, 1.807) is 7.11 Å². The van der Waals surface area contributed by atoms with Crippen LogP contribution in [-0.2, 0) is 9.53 Å². The molecule has 1 N–H and O–H groups in total. The Hall–Kier alpha value is -2.41. The van der Waals surface area contributed by atoms with Crippen LogP contribution >= 0.6 is 0 Å². The molecule has 0 spiro atoms. The summed E-state index contributed by atoms with van der Waals surface area (Å²) >= 11 is 0. The number of carbonyl (C=O) groups excluding carboxylic acids is 1. The minimum Gasteiger partial charge on any atom is -0.493 e. The summed E-state index contributed by atoms with van der Waals surface area (Å²) in [5.41, 5.74) is 4.92. The highest BCUT2D eigenvalue weighted by atomic mass is 16.5. The van der Waals surface area contributed by atoms with Gasteiger partial charge in [0.2, 0.25) is 5.91 Å². The predicted octanol–water partition coefficient (Wildman–Crippen LogP) is 4.59. The van der Waals surface area contributed by atoms with E-state index in [1.807, 2.05) is 30.4 Å². The van der Waals surface area contributed by atoms with Gasteiger partial charge in [-0.3, -0.25) is 9.69 Å². The third-order valence-electron chi connectivity index (χ3n) is 7.36. The number of likely N-dealkylation sites (tertiary alicyclic amines) is 1. The minimum absolute atomic E-state index is 0.0287. The van der Waals surface area contributed by atoms with Crippen molar-refractivity contribution in [2.24, 2.45) is 5.92 Å². The van der Waals surface area contributed by atoms with Gasteiger partial charge in [-0.15, -0.1) is 0 Å². The minimum atomic E-state index is -0.0287. The summed E-state index contributed by atoms with van der Waals surface area (Å²) in [6.45, 7) is 11.3. The number of carbonyl (C=O) groups is 1. The molecule has 6 nitrogen and oxygen atoms in total. The van der Waals surface area contributed by atoms with Crippen LogP contribution in [0.4, 0.5) is 0 Å². The van der Waals surface area contributed by atoms with Gasteiger partial charge >= 0.3 is 0 Å². The van der Waals surface area contributed by atoms with Gasteiger partial charge in [0, 0.05) is 38.7 Å². The lowest BCUT2D eigenvalue weighted by atomic mass is 9.91. The van der Waals surface area contributed by atoms with Gasteiger partial charge in [-0.1, -0.05) is 36.4 Å². The highest BCUT2D eigenvalue weighted by Gasteiger charge is 2.32. The van der Waals surface area contributed by atoms with Crippen molar-refractivity contribution in [3.63, 3.8) is 0 Å². The molecule has 2 aliphatic rings. The maximum Gasteiger partial charge on any atom is 0.224 e. The van der Waals surface area contributed by atoms with Crippen LogP contribution in [0.3, 0.4) is 0 Å².